The second-order valence-electron chi connectivity index (χ2n) is 3.95. The maximum atomic E-state index is 10.7. The molecule has 1 unspecified atom stereocenters. The van der Waals surface area contributed by atoms with Crippen LogP contribution in [0.1, 0.15) is 19.8 Å². The lowest BCUT2D eigenvalue weighted by Crippen LogP contribution is -2.09. The van der Waals surface area contributed by atoms with Crippen LogP contribution in [0.5, 0.6) is 0 Å². The van der Waals surface area contributed by atoms with Crippen molar-refractivity contribution in [1.82, 2.24) is 0 Å². The van der Waals surface area contributed by atoms with Crippen molar-refractivity contribution in [2.45, 2.75) is 19.8 Å². The molecule has 1 aliphatic rings. The Morgan fingerprint density at radius 3 is 1.79 bits per heavy atom. The SMILES string of the molecule is CC1C[C@H](C=O)C=C/C=C\[C@H](C=O)C1. The minimum absolute atomic E-state index is 0.0000482. The third-order valence-corrected chi connectivity index (χ3v) is 2.53. The summed E-state index contributed by atoms with van der Waals surface area (Å²) in [5.74, 6) is 0.410. The van der Waals surface area contributed by atoms with E-state index in [1.807, 2.05) is 24.3 Å². The average molecular weight is 192 g/mol. The molecule has 0 aromatic carbocycles. The first-order valence-corrected chi connectivity index (χ1v) is 5.02. The fourth-order valence-electron chi connectivity index (χ4n) is 1.80. The van der Waals surface area contributed by atoms with Gasteiger partial charge in [0.1, 0.15) is 12.6 Å². The van der Waals surface area contributed by atoms with Crippen molar-refractivity contribution in [1.29, 1.82) is 0 Å². The quantitative estimate of drug-likeness (QED) is 0.628. The minimum atomic E-state index is 0.0000482. The normalized spacial score (nSPS) is 35.1. The van der Waals surface area contributed by atoms with Gasteiger partial charge in [-0.2, -0.15) is 0 Å². The van der Waals surface area contributed by atoms with Gasteiger partial charge in [-0.15, -0.1) is 0 Å². The number of carbonyl (C=O) groups excluding carboxylic acids is 2. The van der Waals surface area contributed by atoms with Crippen LogP contribution in [0, 0.1) is 17.8 Å². The molecule has 76 valence electrons. The third kappa shape index (κ3) is 3.29. The minimum Gasteiger partial charge on any atom is -0.303 e. The van der Waals surface area contributed by atoms with Crippen LogP contribution < -0.4 is 0 Å². The Balaban J connectivity index is 2.70. The molecule has 0 radical (unpaired) electrons. The van der Waals surface area contributed by atoms with Crippen LogP contribution in [0.3, 0.4) is 0 Å². The number of rotatable bonds is 2. The van der Waals surface area contributed by atoms with E-state index < -0.39 is 0 Å². The van der Waals surface area contributed by atoms with E-state index in [1.165, 1.54) is 0 Å². The van der Waals surface area contributed by atoms with Gasteiger partial charge in [0, 0.05) is 11.8 Å². The maximum absolute atomic E-state index is 10.7. The summed E-state index contributed by atoms with van der Waals surface area (Å²) in [6, 6.07) is 0. The summed E-state index contributed by atoms with van der Waals surface area (Å²) in [6.45, 7) is 2.08. The zero-order valence-corrected chi connectivity index (χ0v) is 8.43. The average Bonchev–Trinajstić information content (AvgIpc) is 2.27. The first kappa shape index (κ1) is 10.9. The Morgan fingerprint density at radius 1 is 1.00 bits per heavy atom. The standard InChI is InChI=1S/C12H16O2/c1-10-6-11(8-13)4-2-3-5-12(7-10)9-14/h2-5,8-12H,6-7H2,1H3/b4-2-,5-3?/t10?,11-,12+/m0/s1. The summed E-state index contributed by atoms with van der Waals surface area (Å²) in [6.07, 6.45) is 11.1. The van der Waals surface area contributed by atoms with Gasteiger partial charge in [0.25, 0.3) is 0 Å². The Labute approximate surface area is 84.7 Å². The fourth-order valence-corrected chi connectivity index (χ4v) is 1.80. The molecule has 1 rings (SSSR count). The summed E-state index contributed by atoms with van der Waals surface area (Å²) in [4.78, 5) is 21.4. The van der Waals surface area contributed by atoms with Crippen LogP contribution in [0.25, 0.3) is 0 Å². The van der Waals surface area contributed by atoms with Gasteiger partial charge in [0.2, 0.25) is 0 Å². The van der Waals surface area contributed by atoms with E-state index in [0.29, 0.717) is 5.92 Å². The molecule has 0 heterocycles. The van der Waals surface area contributed by atoms with Gasteiger partial charge in [0.15, 0.2) is 0 Å². The van der Waals surface area contributed by atoms with E-state index >= 15 is 0 Å². The van der Waals surface area contributed by atoms with Gasteiger partial charge in [0.05, 0.1) is 0 Å². The van der Waals surface area contributed by atoms with Crippen molar-refractivity contribution in [3.8, 4) is 0 Å². The fraction of sp³-hybridized carbons (Fsp3) is 0.500. The second-order valence-corrected chi connectivity index (χ2v) is 3.95. The summed E-state index contributed by atoms with van der Waals surface area (Å²) in [5, 5.41) is 0. The zero-order valence-electron chi connectivity index (χ0n) is 8.43. The molecule has 0 amide bonds. The highest BCUT2D eigenvalue weighted by Crippen LogP contribution is 2.21. The van der Waals surface area contributed by atoms with Crippen LogP contribution in [0.4, 0.5) is 0 Å². The summed E-state index contributed by atoms with van der Waals surface area (Å²) in [7, 11) is 0. The highest BCUT2D eigenvalue weighted by molar-refractivity contribution is 5.58. The van der Waals surface area contributed by atoms with Crippen molar-refractivity contribution in [2.24, 2.45) is 17.8 Å². The molecule has 2 nitrogen and oxygen atoms in total. The maximum Gasteiger partial charge on any atom is 0.126 e. The molecular weight excluding hydrogens is 176 g/mol. The monoisotopic (exact) mass is 192 g/mol. The first-order valence-electron chi connectivity index (χ1n) is 5.02. The molecule has 3 atom stereocenters. The molecule has 0 bridgehead atoms. The van der Waals surface area contributed by atoms with Crippen LogP contribution >= 0.6 is 0 Å². The molecule has 0 saturated heterocycles. The van der Waals surface area contributed by atoms with E-state index in [9.17, 15) is 9.59 Å². The lowest BCUT2D eigenvalue weighted by molar-refractivity contribution is -0.110. The van der Waals surface area contributed by atoms with E-state index in [2.05, 4.69) is 6.92 Å². The van der Waals surface area contributed by atoms with Crippen LogP contribution in [-0.4, -0.2) is 12.6 Å². The Bertz CT molecular complexity index is 227. The number of hydrogen-bond donors (Lipinski definition) is 0. The molecular formula is C12H16O2. The molecule has 0 spiro atoms. The molecule has 0 saturated carbocycles. The number of carbonyl (C=O) groups is 2. The van der Waals surface area contributed by atoms with E-state index in [0.717, 1.165) is 25.4 Å². The van der Waals surface area contributed by atoms with Gasteiger partial charge in [-0.25, -0.2) is 0 Å². The zero-order chi connectivity index (χ0) is 10.4. The van der Waals surface area contributed by atoms with Crippen LogP contribution in [0.2, 0.25) is 0 Å². The smallest absolute Gasteiger partial charge is 0.126 e. The van der Waals surface area contributed by atoms with Crippen molar-refractivity contribution in [3.63, 3.8) is 0 Å². The van der Waals surface area contributed by atoms with E-state index in [1.54, 1.807) is 0 Å². The van der Waals surface area contributed by atoms with Crippen molar-refractivity contribution < 1.29 is 9.59 Å². The molecule has 0 aromatic rings. The summed E-state index contributed by atoms with van der Waals surface area (Å²) < 4.78 is 0. The molecule has 0 aromatic heterocycles. The van der Waals surface area contributed by atoms with Gasteiger partial charge in [-0.1, -0.05) is 31.2 Å². The van der Waals surface area contributed by atoms with Crippen LogP contribution in [-0.2, 0) is 9.59 Å². The Morgan fingerprint density at radius 2 is 1.43 bits per heavy atom. The van der Waals surface area contributed by atoms with Crippen molar-refractivity contribution in [2.75, 3.05) is 0 Å². The molecule has 0 N–H and O–H groups in total. The van der Waals surface area contributed by atoms with Gasteiger partial charge in [-0.3, -0.25) is 0 Å². The summed E-state index contributed by atoms with van der Waals surface area (Å²) in [5.41, 5.74) is 0. The number of aldehydes is 2. The second kappa shape index (κ2) is 5.53. The molecule has 1 aliphatic carbocycles. The highest BCUT2D eigenvalue weighted by atomic mass is 16.1. The predicted octanol–water partition coefficient (Wildman–Crippen LogP) is 2.16. The van der Waals surface area contributed by atoms with E-state index in [-0.39, 0.29) is 11.8 Å². The lowest BCUT2D eigenvalue weighted by Gasteiger charge is -2.14. The van der Waals surface area contributed by atoms with Gasteiger partial charge < -0.3 is 9.59 Å². The Kier molecular flexibility index (Phi) is 4.30. The molecule has 0 aliphatic heterocycles. The van der Waals surface area contributed by atoms with E-state index in [4.69, 9.17) is 0 Å². The number of hydrogen-bond acceptors (Lipinski definition) is 2. The summed E-state index contributed by atoms with van der Waals surface area (Å²) >= 11 is 0. The molecule has 0 fully saturated rings. The third-order valence-electron chi connectivity index (χ3n) is 2.53. The molecule has 14 heavy (non-hydrogen) atoms. The lowest BCUT2D eigenvalue weighted by atomic mass is 9.90. The van der Waals surface area contributed by atoms with Crippen molar-refractivity contribution >= 4 is 12.6 Å². The Hall–Kier alpha value is -1.18. The van der Waals surface area contributed by atoms with Gasteiger partial charge >= 0.3 is 0 Å². The molecule has 2 heteroatoms. The first-order chi connectivity index (χ1) is 6.76. The largest absolute Gasteiger partial charge is 0.303 e. The highest BCUT2D eigenvalue weighted by Gasteiger charge is 2.14. The van der Waals surface area contributed by atoms with Gasteiger partial charge in [-0.05, 0) is 18.8 Å². The van der Waals surface area contributed by atoms with Crippen molar-refractivity contribution in [3.05, 3.63) is 24.3 Å². The topological polar surface area (TPSA) is 34.1 Å². The number of allylic oxidation sites excluding steroid dienone is 4. The predicted molar refractivity (Wildman–Crippen MR) is 55.8 cm³/mol. The van der Waals surface area contributed by atoms with Crippen LogP contribution in [0.15, 0.2) is 24.3 Å².